The molecule has 4 nitrogen and oxygen atoms in total. The molecule has 0 aliphatic carbocycles. The number of hydrogen-bond acceptors (Lipinski definition) is 3. The number of nitrogens with one attached hydrogen (secondary N) is 1. The van der Waals surface area contributed by atoms with Gasteiger partial charge < -0.3 is 11.1 Å². The Morgan fingerprint density at radius 1 is 1.04 bits per heavy atom. The maximum atomic E-state index is 12.0. The molecule has 0 saturated heterocycles. The second kappa shape index (κ2) is 8.24. The Kier molecular flexibility index (Phi) is 6.33. The zero-order valence-electron chi connectivity index (χ0n) is 12.0. The molecular formula is C16H14Cl2N2O2S. The summed E-state index contributed by atoms with van der Waals surface area (Å²) in [4.78, 5) is 23.3. The van der Waals surface area contributed by atoms with Crippen LogP contribution in [0, 0.1) is 0 Å². The number of hydrogen-bond donors (Lipinski definition) is 2. The summed E-state index contributed by atoms with van der Waals surface area (Å²) in [6, 6.07) is 11.9. The van der Waals surface area contributed by atoms with Gasteiger partial charge in [0.25, 0.3) is 5.91 Å². The Bertz CT molecular complexity index is 718. The number of nitrogens with two attached hydrogens (primary N) is 1. The molecule has 0 atom stereocenters. The molecule has 2 amide bonds. The largest absolute Gasteiger partial charge is 0.366 e. The van der Waals surface area contributed by atoms with Gasteiger partial charge in [0.05, 0.1) is 17.0 Å². The molecule has 0 unspecified atom stereocenters. The minimum Gasteiger partial charge on any atom is -0.366 e. The van der Waals surface area contributed by atoms with Crippen LogP contribution in [-0.4, -0.2) is 17.6 Å². The lowest BCUT2D eigenvalue weighted by atomic mass is 10.1. The van der Waals surface area contributed by atoms with Crippen molar-refractivity contribution in [1.82, 2.24) is 0 Å². The molecular weight excluding hydrogens is 355 g/mol. The zero-order chi connectivity index (χ0) is 16.8. The van der Waals surface area contributed by atoms with Gasteiger partial charge in [-0.15, -0.1) is 11.8 Å². The van der Waals surface area contributed by atoms with Crippen molar-refractivity contribution in [2.75, 3.05) is 11.1 Å². The molecule has 2 aromatic rings. The standard InChI is InChI=1S/C16H14Cl2N2O2S/c17-12-5-3-6-13(18)11(12)8-23-9-15(21)20-14-7-2-1-4-10(14)16(19)22/h1-7H,8-9H2,(H2,19,22)(H,20,21). The summed E-state index contributed by atoms with van der Waals surface area (Å²) in [5, 5.41) is 3.83. The van der Waals surface area contributed by atoms with Crippen molar-refractivity contribution in [3.63, 3.8) is 0 Å². The number of thioether (sulfide) groups is 1. The van der Waals surface area contributed by atoms with Gasteiger partial charge in [-0.3, -0.25) is 9.59 Å². The Hall–Kier alpha value is -1.69. The molecule has 0 aliphatic heterocycles. The number of anilines is 1. The highest BCUT2D eigenvalue weighted by atomic mass is 35.5. The van der Waals surface area contributed by atoms with Crippen LogP contribution < -0.4 is 11.1 Å². The molecule has 0 radical (unpaired) electrons. The van der Waals surface area contributed by atoms with E-state index in [1.807, 2.05) is 0 Å². The summed E-state index contributed by atoms with van der Waals surface area (Å²) in [7, 11) is 0. The third kappa shape index (κ3) is 4.89. The van der Waals surface area contributed by atoms with Crippen LogP contribution in [0.2, 0.25) is 10.0 Å². The highest BCUT2D eigenvalue weighted by molar-refractivity contribution is 7.99. The van der Waals surface area contributed by atoms with Crippen molar-refractivity contribution >= 4 is 52.5 Å². The van der Waals surface area contributed by atoms with Crippen LogP contribution in [-0.2, 0) is 10.5 Å². The highest BCUT2D eigenvalue weighted by Gasteiger charge is 2.11. The summed E-state index contributed by atoms with van der Waals surface area (Å²) in [6.07, 6.45) is 0. The van der Waals surface area contributed by atoms with Gasteiger partial charge in [0, 0.05) is 15.8 Å². The topological polar surface area (TPSA) is 72.2 Å². The van der Waals surface area contributed by atoms with E-state index < -0.39 is 5.91 Å². The number of benzene rings is 2. The van der Waals surface area contributed by atoms with E-state index in [0.717, 1.165) is 5.56 Å². The molecule has 23 heavy (non-hydrogen) atoms. The van der Waals surface area contributed by atoms with E-state index in [4.69, 9.17) is 28.9 Å². The van der Waals surface area contributed by atoms with Crippen molar-refractivity contribution in [3.8, 4) is 0 Å². The van der Waals surface area contributed by atoms with Crippen LogP contribution in [0.3, 0.4) is 0 Å². The summed E-state index contributed by atoms with van der Waals surface area (Å²) in [5.41, 5.74) is 6.75. The van der Waals surface area contributed by atoms with Crippen molar-refractivity contribution in [2.24, 2.45) is 5.73 Å². The fraction of sp³-hybridized carbons (Fsp3) is 0.125. The normalized spacial score (nSPS) is 10.3. The van der Waals surface area contributed by atoms with E-state index >= 15 is 0 Å². The molecule has 2 rings (SSSR count). The number of rotatable bonds is 6. The number of para-hydroxylation sites is 1. The van der Waals surface area contributed by atoms with E-state index in [2.05, 4.69) is 5.32 Å². The van der Waals surface area contributed by atoms with Gasteiger partial charge in [0.2, 0.25) is 5.91 Å². The maximum absolute atomic E-state index is 12.0. The van der Waals surface area contributed by atoms with E-state index in [-0.39, 0.29) is 17.2 Å². The van der Waals surface area contributed by atoms with Crippen molar-refractivity contribution in [1.29, 1.82) is 0 Å². The number of carbonyl (C=O) groups excluding carboxylic acids is 2. The van der Waals surface area contributed by atoms with E-state index in [1.54, 1.807) is 42.5 Å². The van der Waals surface area contributed by atoms with Crippen LogP contribution in [0.25, 0.3) is 0 Å². The molecule has 0 fully saturated rings. The van der Waals surface area contributed by atoms with Gasteiger partial charge in [-0.2, -0.15) is 0 Å². The second-order valence-electron chi connectivity index (χ2n) is 4.65. The summed E-state index contributed by atoms with van der Waals surface area (Å²) in [5.74, 6) is -0.0961. The molecule has 0 aliphatic rings. The van der Waals surface area contributed by atoms with Crippen LogP contribution in [0.4, 0.5) is 5.69 Å². The average molecular weight is 369 g/mol. The highest BCUT2D eigenvalue weighted by Crippen LogP contribution is 2.28. The molecule has 0 saturated carbocycles. The molecule has 0 spiro atoms. The number of amides is 2. The smallest absolute Gasteiger partial charge is 0.250 e. The van der Waals surface area contributed by atoms with Gasteiger partial charge in [-0.05, 0) is 29.8 Å². The lowest BCUT2D eigenvalue weighted by molar-refractivity contribution is -0.113. The van der Waals surface area contributed by atoms with Crippen molar-refractivity contribution in [2.45, 2.75) is 5.75 Å². The van der Waals surface area contributed by atoms with E-state index in [0.29, 0.717) is 21.5 Å². The summed E-state index contributed by atoms with van der Waals surface area (Å²) in [6.45, 7) is 0. The first-order chi connectivity index (χ1) is 11.0. The maximum Gasteiger partial charge on any atom is 0.250 e. The molecule has 0 aromatic heterocycles. The Morgan fingerprint density at radius 3 is 2.35 bits per heavy atom. The Balaban J connectivity index is 1.93. The zero-order valence-corrected chi connectivity index (χ0v) is 14.3. The molecule has 0 bridgehead atoms. The first-order valence-electron chi connectivity index (χ1n) is 6.68. The van der Waals surface area contributed by atoms with Gasteiger partial charge >= 0.3 is 0 Å². The molecule has 0 heterocycles. The molecule has 120 valence electrons. The predicted molar refractivity (Wildman–Crippen MR) is 96.2 cm³/mol. The third-order valence-corrected chi connectivity index (χ3v) is 4.68. The van der Waals surface area contributed by atoms with Crippen LogP contribution in [0.1, 0.15) is 15.9 Å². The van der Waals surface area contributed by atoms with Crippen LogP contribution >= 0.6 is 35.0 Å². The number of halogens is 2. The summed E-state index contributed by atoms with van der Waals surface area (Å²) >= 11 is 13.5. The lowest BCUT2D eigenvalue weighted by Crippen LogP contribution is -2.19. The van der Waals surface area contributed by atoms with E-state index in [9.17, 15) is 9.59 Å². The van der Waals surface area contributed by atoms with Crippen molar-refractivity contribution in [3.05, 3.63) is 63.6 Å². The van der Waals surface area contributed by atoms with Gasteiger partial charge in [0.15, 0.2) is 0 Å². The summed E-state index contributed by atoms with van der Waals surface area (Å²) < 4.78 is 0. The average Bonchev–Trinajstić information content (AvgIpc) is 2.50. The Morgan fingerprint density at radius 2 is 1.70 bits per heavy atom. The first-order valence-corrected chi connectivity index (χ1v) is 8.59. The third-order valence-electron chi connectivity index (χ3n) is 3.01. The number of carbonyl (C=O) groups is 2. The van der Waals surface area contributed by atoms with Gasteiger partial charge in [-0.1, -0.05) is 41.4 Å². The SMILES string of the molecule is NC(=O)c1ccccc1NC(=O)CSCc1c(Cl)cccc1Cl. The van der Waals surface area contributed by atoms with Crippen LogP contribution in [0.5, 0.6) is 0 Å². The minimum absolute atomic E-state index is 0.203. The van der Waals surface area contributed by atoms with E-state index in [1.165, 1.54) is 11.8 Å². The molecule has 7 heteroatoms. The fourth-order valence-corrected chi connectivity index (χ4v) is 3.47. The molecule has 3 N–H and O–H groups in total. The second-order valence-corrected chi connectivity index (χ2v) is 6.45. The number of primary amides is 1. The van der Waals surface area contributed by atoms with Crippen molar-refractivity contribution < 1.29 is 9.59 Å². The monoisotopic (exact) mass is 368 g/mol. The van der Waals surface area contributed by atoms with Gasteiger partial charge in [0.1, 0.15) is 0 Å². The lowest BCUT2D eigenvalue weighted by Gasteiger charge is -2.09. The van der Waals surface area contributed by atoms with Crippen LogP contribution in [0.15, 0.2) is 42.5 Å². The minimum atomic E-state index is -0.587. The van der Waals surface area contributed by atoms with Gasteiger partial charge in [-0.25, -0.2) is 0 Å². The Labute approximate surface area is 148 Å². The molecule has 2 aromatic carbocycles. The quantitative estimate of drug-likeness (QED) is 0.810. The fourth-order valence-electron chi connectivity index (χ4n) is 1.91. The predicted octanol–water partition coefficient (Wildman–Crippen LogP) is 3.96. The first kappa shape index (κ1) is 17.7.